The molecule has 1 fully saturated rings. The molecule has 1 aliphatic rings. The second-order valence-corrected chi connectivity index (χ2v) is 7.81. The highest BCUT2D eigenvalue weighted by atomic mass is 35.5. The SMILES string of the molecule is CCS(=O)(=O)N1CCC(NC(=O)c2c(F)cccc2Cl)CC1. The Bertz CT molecular complexity index is 638. The summed E-state index contributed by atoms with van der Waals surface area (Å²) in [6.07, 6.45) is 0.994. The van der Waals surface area contributed by atoms with Crippen LogP contribution in [0.5, 0.6) is 0 Å². The van der Waals surface area contributed by atoms with E-state index in [9.17, 15) is 17.6 Å². The highest BCUT2D eigenvalue weighted by Crippen LogP contribution is 2.20. The smallest absolute Gasteiger partial charge is 0.255 e. The lowest BCUT2D eigenvalue weighted by molar-refractivity contribution is 0.0920. The van der Waals surface area contributed by atoms with Gasteiger partial charge in [0.2, 0.25) is 10.0 Å². The van der Waals surface area contributed by atoms with Gasteiger partial charge in [0.05, 0.1) is 16.3 Å². The summed E-state index contributed by atoms with van der Waals surface area (Å²) in [7, 11) is -3.20. The van der Waals surface area contributed by atoms with E-state index in [1.54, 1.807) is 6.92 Å². The number of amides is 1. The maximum Gasteiger partial charge on any atom is 0.255 e. The third-order valence-electron chi connectivity index (χ3n) is 3.74. The number of nitrogens with zero attached hydrogens (tertiary/aromatic N) is 1. The second kappa shape index (κ2) is 6.93. The number of halogens is 2. The van der Waals surface area contributed by atoms with Crippen LogP contribution in [0.25, 0.3) is 0 Å². The van der Waals surface area contributed by atoms with Gasteiger partial charge < -0.3 is 5.32 Å². The van der Waals surface area contributed by atoms with Gasteiger partial charge in [-0.15, -0.1) is 0 Å². The van der Waals surface area contributed by atoms with E-state index in [0.717, 1.165) is 0 Å². The van der Waals surface area contributed by atoms with Crippen LogP contribution in [0, 0.1) is 5.82 Å². The predicted molar refractivity (Wildman–Crippen MR) is 82.9 cm³/mol. The van der Waals surface area contributed by atoms with E-state index in [1.165, 1.54) is 22.5 Å². The van der Waals surface area contributed by atoms with Crippen molar-refractivity contribution < 1.29 is 17.6 Å². The normalized spacial score (nSPS) is 17.4. The summed E-state index contributed by atoms with van der Waals surface area (Å²) in [5, 5.41) is 2.78. The minimum atomic E-state index is -3.20. The predicted octanol–water partition coefficient (Wildman–Crippen LogP) is 2.02. The Morgan fingerprint density at radius 3 is 2.59 bits per heavy atom. The highest BCUT2D eigenvalue weighted by Gasteiger charge is 2.28. The van der Waals surface area contributed by atoms with E-state index in [2.05, 4.69) is 5.32 Å². The zero-order valence-corrected chi connectivity index (χ0v) is 13.8. The fraction of sp³-hybridized carbons (Fsp3) is 0.500. The molecule has 8 heteroatoms. The summed E-state index contributed by atoms with van der Waals surface area (Å²) < 4.78 is 38.6. The average molecular weight is 349 g/mol. The lowest BCUT2D eigenvalue weighted by Crippen LogP contribution is -2.47. The lowest BCUT2D eigenvalue weighted by atomic mass is 10.1. The molecule has 1 N–H and O–H groups in total. The number of sulfonamides is 1. The topological polar surface area (TPSA) is 66.5 Å². The van der Waals surface area contributed by atoms with Crippen LogP contribution in [0.4, 0.5) is 4.39 Å². The molecule has 122 valence electrons. The quantitative estimate of drug-likeness (QED) is 0.905. The Kier molecular flexibility index (Phi) is 5.41. The number of piperidine rings is 1. The standard InChI is InChI=1S/C14H18ClFN2O3S/c1-2-22(20,21)18-8-6-10(7-9-18)17-14(19)13-11(15)4-3-5-12(13)16/h3-5,10H,2,6-9H2,1H3,(H,17,19). The molecule has 0 aliphatic carbocycles. The van der Waals surface area contributed by atoms with Gasteiger partial charge in [-0.3, -0.25) is 4.79 Å². The van der Waals surface area contributed by atoms with E-state index < -0.39 is 21.7 Å². The summed E-state index contributed by atoms with van der Waals surface area (Å²) >= 11 is 5.86. The molecule has 1 aromatic rings. The van der Waals surface area contributed by atoms with Gasteiger partial charge in [0.25, 0.3) is 5.91 Å². The number of carbonyl (C=O) groups excluding carboxylic acids is 1. The Morgan fingerprint density at radius 1 is 1.41 bits per heavy atom. The molecule has 0 aromatic heterocycles. The van der Waals surface area contributed by atoms with Crippen LogP contribution >= 0.6 is 11.6 Å². The summed E-state index contributed by atoms with van der Waals surface area (Å²) in [6.45, 7) is 2.31. The molecule has 1 saturated heterocycles. The van der Waals surface area contributed by atoms with Crippen molar-refractivity contribution in [3.63, 3.8) is 0 Å². The van der Waals surface area contributed by atoms with E-state index >= 15 is 0 Å². The minimum Gasteiger partial charge on any atom is -0.349 e. The van der Waals surface area contributed by atoms with Crippen molar-refractivity contribution in [3.05, 3.63) is 34.6 Å². The van der Waals surface area contributed by atoms with Crippen LogP contribution < -0.4 is 5.32 Å². The first-order valence-electron chi connectivity index (χ1n) is 7.08. The van der Waals surface area contributed by atoms with Crippen LogP contribution in [0.1, 0.15) is 30.1 Å². The van der Waals surface area contributed by atoms with Crippen molar-refractivity contribution in [2.45, 2.75) is 25.8 Å². The number of benzene rings is 1. The summed E-state index contributed by atoms with van der Waals surface area (Å²) in [4.78, 5) is 12.1. The highest BCUT2D eigenvalue weighted by molar-refractivity contribution is 7.89. The Balaban J connectivity index is 1.98. The fourth-order valence-corrected chi connectivity index (χ4v) is 3.81. The molecule has 0 spiro atoms. The third kappa shape index (κ3) is 3.77. The van der Waals surface area contributed by atoms with E-state index in [0.29, 0.717) is 25.9 Å². The van der Waals surface area contributed by atoms with Crippen molar-refractivity contribution in [3.8, 4) is 0 Å². The van der Waals surface area contributed by atoms with Gasteiger partial charge in [0, 0.05) is 19.1 Å². The number of rotatable bonds is 4. The molecular weight excluding hydrogens is 331 g/mol. The van der Waals surface area contributed by atoms with Crippen LogP contribution in [-0.4, -0.2) is 43.5 Å². The van der Waals surface area contributed by atoms with Crippen molar-refractivity contribution in [1.29, 1.82) is 0 Å². The molecule has 1 amide bonds. The first kappa shape index (κ1) is 17.2. The minimum absolute atomic E-state index is 0.0588. The Labute approximate surface area is 134 Å². The number of hydrogen-bond acceptors (Lipinski definition) is 3. The molecule has 0 bridgehead atoms. The molecule has 1 heterocycles. The van der Waals surface area contributed by atoms with Crippen molar-refractivity contribution >= 4 is 27.5 Å². The van der Waals surface area contributed by atoms with Crippen molar-refractivity contribution in [2.75, 3.05) is 18.8 Å². The Hall–Kier alpha value is -1.18. The van der Waals surface area contributed by atoms with Crippen LogP contribution in [0.2, 0.25) is 5.02 Å². The third-order valence-corrected chi connectivity index (χ3v) is 5.93. The molecule has 0 atom stereocenters. The van der Waals surface area contributed by atoms with Gasteiger partial charge in [-0.05, 0) is 31.9 Å². The first-order valence-corrected chi connectivity index (χ1v) is 9.06. The molecule has 2 rings (SSSR count). The number of nitrogens with one attached hydrogen (secondary N) is 1. The van der Waals surface area contributed by atoms with Gasteiger partial charge in [0.1, 0.15) is 5.82 Å². The molecule has 0 radical (unpaired) electrons. The van der Waals surface area contributed by atoms with Gasteiger partial charge in [-0.2, -0.15) is 0 Å². The van der Waals surface area contributed by atoms with E-state index in [4.69, 9.17) is 11.6 Å². The van der Waals surface area contributed by atoms with Crippen LogP contribution in [0.3, 0.4) is 0 Å². The van der Waals surface area contributed by atoms with Gasteiger partial charge in [-0.25, -0.2) is 17.1 Å². The van der Waals surface area contributed by atoms with Crippen LogP contribution in [-0.2, 0) is 10.0 Å². The Morgan fingerprint density at radius 2 is 2.05 bits per heavy atom. The summed E-state index contributed by atoms with van der Waals surface area (Å²) in [5.74, 6) is -1.18. The van der Waals surface area contributed by atoms with Gasteiger partial charge in [0.15, 0.2) is 0 Å². The summed E-state index contributed by atoms with van der Waals surface area (Å²) in [5.41, 5.74) is -0.173. The summed E-state index contributed by atoms with van der Waals surface area (Å²) in [6, 6.07) is 3.88. The monoisotopic (exact) mass is 348 g/mol. The average Bonchev–Trinajstić information content (AvgIpc) is 2.47. The number of hydrogen-bond donors (Lipinski definition) is 1. The molecule has 0 saturated carbocycles. The van der Waals surface area contributed by atoms with Crippen LogP contribution in [0.15, 0.2) is 18.2 Å². The lowest BCUT2D eigenvalue weighted by Gasteiger charge is -2.31. The largest absolute Gasteiger partial charge is 0.349 e. The van der Waals surface area contributed by atoms with E-state index in [-0.39, 0.29) is 22.4 Å². The molecule has 1 aliphatic heterocycles. The zero-order chi connectivity index (χ0) is 16.3. The van der Waals surface area contributed by atoms with Crippen molar-refractivity contribution in [2.24, 2.45) is 0 Å². The first-order chi connectivity index (χ1) is 10.3. The maximum atomic E-state index is 13.7. The maximum absolute atomic E-state index is 13.7. The molecule has 5 nitrogen and oxygen atoms in total. The second-order valence-electron chi connectivity index (χ2n) is 5.14. The van der Waals surface area contributed by atoms with Crippen molar-refractivity contribution in [1.82, 2.24) is 9.62 Å². The molecule has 1 aromatic carbocycles. The van der Waals surface area contributed by atoms with Gasteiger partial charge in [-0.1, -0.05) is 17.7 Å². The zero-order valence-electron chi connectivity index (χ0n) is 12.2. The molecular formula is C14H18ClFN2O3S. The molecule has 0 unspecified atom stereocenters. The number of carbonyl (C=O) groups is 1. The van der Waals surface area contributed by atoms with E-state index in [1.807, 2.05) is 0 Å². The molecule has 22 heavy (non-hydrogen) atoms. The van der Waals surface area contributed by atoms with Gasteiger partial charge >= 0.3 is 0 Å². The fourth-order valence-electron chi connectivity index (χ4n) is 2.43.